The number of nitrogens with one attached hydrogen (secondary N) is 1. The quantitative estimate of drug-likeness (QED) is 0.883. The Morgan fingerprint density at radius 1 is 1.33 bits per heavy atom. The van der Waals surface area contributed by atoms with Crippen molar-refractivity contribution < 1.29 is 4.39 Å². The molecule has 118 valence electrons. The van der Waals surface area contributed by atoms with Crippen LogP contribution in [0.3, 0.4) is 0 Å². The van der Waals surface area contributed by atoms with Crippen LogP contribution in [0.4, 0.5) is 10.1 Å². The molecule has 1 aliphatic rings. The third-order valence-corrected chi connectivity index (χ3v) is 5.04. The van der Waals surface area contributed by atoms with Crippen LogP contribution in [0.15, 0.2) is 12.1 Å². The Hall–Kier alpha value is -1.09. The highest BCUT2D eigenvalue weighted by atomic mass is 19.1. The van der Waals surface area contributed by atoms with Gasteiger partial charge in [-0.1, -0.05) is 19.8 Å². The van der Waals surface area contributed by atoms with Crippen LogP contribution in [0.5, 0.6) is 0 Å². The summed E-state index contributed by atoms with van der Waals surface area (Å²) < 4.78 is 14.0. The molecule has 3 atom stereocenters. The second kappa shape index (κ2) is 6.78. The molecular formula is C18H29FN2. The van der Waals surface area contributed by atoms with Gasteiger partial charge in [-0.05, 0) is 62.9 Å². The van der Waals surface area contributed by atoms with Crippen LogP contribution in [-0.2, 0) is 0 Å². The van der Waals surface area contributed by atoms with Gasteiger partial charge in [0.2, 0.25) is 0 Å². The molecule has 3 unspecified atom stereocenters. The van der Waals surface area contributed by atoms with E-state index in [1.54, 1.807) is 6.07 Å². The van der Waals surface area contributed by atoms with E-state index in [2.05, 4.69) is 31.1 Å². The molecule has 0 radical (unpaired) electrons. The fourth-order valence-corrected chi connectivity index (χ4v) is 3.44. The Kier molecular flexibility index (Phi) is 5.26. The molecule has 2 rings (SSSR count). The Morgan fingerprint density at radius 3 is 2.67 bits per heavy atom. The van der Waals surface area contributed by atoms with E-state index in [0.29, 0.717) is 6.04 Å². The summed E-state index contributed by atoms with van der Waals surface area (Å²) in [7, 11) is 4.09. The van der Waals surface area contributed by atoms with Crippen molar-refractivity contribution in [3.8, 4) is 0 Å². The number of anilines is 1. The number of rotatable bonds is 4. The minimum atomic E-state index is -0.110. The molecule has 1 aromatic rings. The fraction of sp³-hybridized carbons (Fsp3) is 0.667. The zero-order chi connectivity index (χ0) is 15.6. The first-order valence-electron chi connectivity index (χ1n) is 8.14. The molecule has 0 spiro atoms. The summed E-state index contributed by atoms with van der Waals surface area (Å²) in [6.45, 7) is 6.28. The number of aryl methyl sites for hydroxylation is 1. The summed E-state index contributed by atoms with van der Waals surface area (Å²) in [6.07, 6.45) is 5.12. The predicted molar refractivity (Wildman–Crippen MR) is 88.4 cm³/mol. The average molecular weight is 292 g/mol. The Morgan fingerprint density at radius 2 is 2.05 bits per heavy atom. The maximum atomic E-state index is 14.0. The van der Waals surface area contributed by atoms with Crippen LogP contribution < -0.4 is 10.2 Å². The maximum Gasteiger partial charge on any atom is 0.126 e. The van der Waals surface area contributed by atoms with Crippen molar-refractivity contribution in [3.05, 3.63) is 29.1 Å². The molecule has 1 aliphatic carbocycles. The molecule has 1 N–H and O–H groups in total. The highest BCUT2D eigenvalue weighted by Gasteiger charge is 2.25. The van der Waals surface area contributed by atoms with Crippen LogP contribution in [0.25, 0.3) is 0 Å². The van der Waals surface area contributed by atoms with Crippen molar-refractivity contribution in [1.29, 1.82) is 0 Å². The Balaban J connectivity index is 2.34. The summed E-state index contributed by atoms with van der Waals surface area (Å²) in [5, 5.41) is 3.24. The molecule has 1 fully saturated rings. The fourth-order valence-electron chi connectivity index (χ4n) is 3.44. The molecule has 1 aromatic carbocycles. The van der Waals surface area contributed by atoms with Crippen LogP contribution in [0.1, 0.15) is 56.7 Å². The minimum Gasteiger partial charge on any atom is -0.371 e. The van der Waals surface area contributed by atoms with E-state index in [1.807, 2.05) is 20.0 Å². The van der Waals surface area contributed by atoms with Gasteiger partial charge in [-0.25, -0.2) is 4.39 Å². The van der Waals surface area contributed by atoms with E-state index >= 15 is 0 Å². The van der Waals surface area contributed by atoms with E-state index in [-0.39, 0.29) is 11.9 Å². The zero-order valence-corrected chi connectivity index (χ0v) is 14.0. The van der Waals surface area contributed by atoms with E-state index < -0.39 is 0 Å². The number of nitrogens with zero attached hydrogens (tertiary/aromatic N) is 1. The van der Waals surface area contributed by atoms with Crippen molar-refractivity contribution in [1.82, 2.24) is 5.32 Å². The van der Waals surface area contributed by atoms with Gasteiger partial charge in [0.15, 0.2) is 0 Å². The molecule has 2 nitrogen and oxygen atoms in total. The smallest absolute Gasteiger partial charge is 0.126 e. The van der Waals surface area contributed by atoms with Gasteiger partial charge in [0.1, 0.15) is 5.82 Å². The topological polar surface area (TPSA) is 15.3 Å². The lowest BCUT2D eigenvalue weighted by Crippen LogP contribution is -2.36. The minimum absolute atomic E-state index is 0.110. The molecule has 21 heavy (non-hydrogen) atoms. The average Bonchev–Trinajstić information content (AvgIpc) is 2.48. The highest BCUT2D eigenvalue weighted by Crippen LogP contribution is 2.34. The summed E-state index contributed by atoms with van der Waals surface area (Å²) in [6, 6.07) is 4.44. The maximum absolute atomic E-state index is 14.0. The molecule has 0 bridgehead atoms. The normalized spacial score (nSPS) is 23.9. The van der Waals surface area contributed by atoms with Gasteiger partial charge in [-0.3, -0.25) is 0 Å². The number of hydrogen-bond donors (Lipinski definition) is 1. The standard InChI is InChI=1S/C18H29FN2/c1-12-7-6-8-15(9-12)21(5)18-10-13(2)17(19)11-16(18)14(3)20-4/h10-12,14-15,20H,6-9H2,1-5H3. The Bertz CT molecular complexity index is 486. The SMILES string of the molecule is CNC(C)c1cc(F)c(C)cc1N(C)C1CCCC(C)C1. The van der Waals surface area contributed by atoms with Crippen molar-refractivity contribution >= 4 is 5.69 Å². The highest BCUT2D eigenvalue weighted by molar-refractivity contribution is 5.57. The largest absolute Gasteiger partial charge is 0.371 e. The van der Waals surface area contributed by atoms with Gasteiger partial charge in [0.25, 0.3) is 0 Å². The van der Waals surface area contributed by atoms with E-state index in [1.165, 1.54) is 31.4 Å². The van der Waals surface area contributed by atoms with Gasteiger partial charge < -0.3 is 10.2 Å². The first-order chi connectivity index (χ1) is 9.93. The van der Waals surface area contributed by atoms with Crippen LogP contribution >= 0.6 is 0 Å². The molecule has 0 amide bonds. The first kappa shape index (κ1) is 16.3. The lowest BCUT2D eigenvalue weighted by Gasteiger charge is -2.37. The molecular weight excluding hydrogens is 263 g/mol. The van der Waals surface area contributed by atoms with Gasteiger partial charge in [0.05, 0.1) is 0 Å². The molecule has 1 saturated carbocycles. The first-order valence-corrected chi connectivity index (χ1v) is 8.14. The lowest BCUT2D eigenvalue weighted by molar-refractivity contribution is 0.336. The molecule has 3 heteroatoms. The van der Waals surface area contributed by atoms with Crippen molar-refractivity contribution in [2.24, 2.45) is 5.92 Å². The van der Waals surface area contributed by atoms with E-state index in [0.717, 1.165) is 17.0 Å². The second-order valence-electron chi connectivity index (χ2n) is 6.71. The van der Waals surface area contributed by atoms with Crippen LogP contribution in [0, 0.1) is 18.7 Å². The van der Waals surface area contributed by atoms with Crippen LogP contribution in [0.2, 0.25) is 0 Å². The summed E-state index contributed by atoms with van der Waals surface area (Å²) in [5.74, 6) is 0.680. The van der Waals surface area contributed by atoms with Gasteiger partial charge in [0, 0.05) is 24.8 Å². The van der Waals surface area contributed by atoms with Gasteiger partial charge in [-0.2, -0.15) is 0 Å². The molecule has 0 heterocycles. The van der Waals surface area contributed by atoms with E-state index in [4.69, 9.17) is 0 Å². The predicted octanol–water partition coefficient (Wildman–Crippen LogP) is 4.43. The van der Waals surface area contributed by atoms with Crippen molar-refractivity contribution in [2.75, 3.05) is 19.0 Å². The lowest BCUT2D eigenvalue weighted by atomic mass is 9.86. The molecule has 0 aromatic heterocycles. The second-order valence-corrected chi connectivity index (χ2v) is 6.71. The van der Waals surface area contributed by atoms with Crippen LogP contribution in [-0.4, -0.2) is 20.1 Å². The summed E-state index contributed by atoms with van der Waals surface area (Å²) >= 11 is 0. The van der Waals surface area contributed by atoms with E-state index in [9.17, 15) is 4.39 Å². The van der Waals surface area contributed by atoms with Gasteiger partial charge >= 0.3 is 0 Å². The monoisotopic (exact) mass is 292 g/mol. The number of benzene rings is 1. The number of hydrogen-bond acceptors (Lipinski definition) is 2. The molecule has 0 aliphatic heterocycles. The third-order valence-electron chi connectivity index (χ3n) is 5.04. The summed E-state index contributed by atoms with van der Waals surface area (Å²) in [4.78, 5) is 2.38. The third kappa shape index (κ3) is 3.57. The van der Waals surface area contributed by atoms with Crippen molar-refractivity contribution in [3.63, 3.8) is 0 Å². The number of halogens is 1. The molecule has 0 saturated heterocycles. The Labute approximate surface area is 128 Å². The zero-order valence-electron chi connectivity index (χ0n) is 14.0. The van der Waals surface area contributed by atoms with Crippen molar-refractivity contribution in [2.45, 2.75) is 58.5 Å². The van der Waals surface area contributed by atoms with Gasteiger partial charge in [-0.15, -0.1) is 0 Å². The summed E-state index contributed by atoms with van der Waals surface area (Å²) in [5.41, 5.74) is 2.96.